The molecule has 7 heteroatoms. The van der Waals surface area contributed by atoms with Crippen LogP contribution < -0.4 is 15.5 Å². The second-order valence-electron chi connectivity index (χ2n) is 7.09. The molecule has 148 valence electrons. The Kier molecular flexibility index (Phi) is 5.62. The van der Waals surface area contributed by atoms with Gasteiger partial charge in [-0.25, -0.2) is 4.79 Å². The Morgan fingerprint density at radius 2 is 1.62 bits per heavy atom. The van der Waals surface area contributed by atoms with Crippen molar-refractivity contribution in [2.45, 2.75) is 19.8 Å². The number of hydrogen-bond acceptors (Lipinski definition) is 4. The highest BCUT2D eigenvalue weighted by molar-refractivity contribution is 6.31. The van der Waals surface area contributed by atoms with Gasteiger partial charge in [-0.15, -0.1) is 10.2 Å². The van der Waals surface area contributed by atoms with Gasteiger partial charge in [0.05, 0.1) is 5.69 Å². The van der Waals surface area contributed by atoms with E-state index in [-0.39, 0.29) is 6.03 Å². The van der Waals surface area contributed by atoms with Crippen LogP contribution in [-0.4, -0.2) is 29.3 Å². The van der Waals surface area contributed by atoms with Gasteiger partial charge in [0.25, 0.3) is 0 Å². The number of anilines is 3. The Labute approximate surface area is 174 Å². The molecule has 2 heterocycles. The van der Waals surface area contributed by atoms with E-state index in [1.54, 1.807) is 6.07 Å². The number of urea groups is 1. The molecule has 1 aliphatic rings. The first-order valence-corrected chi connectivity index (χ1v) is 9.99. The number of carbonyl (C=O) groups excluding carboxylic acids is 1. The van der Waals surface area contributed by atoms with Crippen LogP contribution in [0.25, 0.3) is 11.3 Å². The van der Waals surface area contributed by atoms with E-state index < -0.39 is 0 Å². The van der Waals surface area contributed by atoms with Crippen molar-refractivity contribution >= 4 is 34.8 Å². The lowest BCUT2D eigenvalue weighted by Crippen LogP contribution is -2.19. The Hall–Kier alpha value is -3.12. The number of hydrogen-bond donors (Lipinski definition) is 2. The maximum atomic E-state index is 12.2. The molecule has 1 fully saturated rings. The van der Waals surface area contributed by atoms with Crippen LogP contribution in [0.1, 0.15) is 18.4 Å². The molecule has 29 heavy (non-hydrogen) atoms. The zero-order valence-corrected chi connectivity index (χ0v) is 16.9. The highest BCUT2D eigenvalue weighted by Crippen LogP contribution is 2.23. The number of benzene rings is 2. The first kappa shape index (κ1) is 19.2. The number of halogens is 1. The Morgan fingerprint density at radius 1 is 0.931 bits per heavy atom. The van der Waals surface area contributed by atoms with Crippen molar-refractivity contribution in [2.24, 2.45) is 0 Å². The van der Waals surface area contributed by atoms with Crippen molar-refractivity contribution in [3.8, 4) is 11.3 Å². The fraction of sp³-hybridized carbons (Fsp3) is 0.227. The standard InChI is InChI=1S/C22H22ClN5O/c1-15-4-7-18(14-19(15)23)25-22(29)24-17-8-5-16(6-9-17)20-10-11-21(27-26-20)28-12-2-3-13-28/h4-11,14H,2-3,12-13H2,1H3,(H2,24,25,29). The van der Waals surface area contributed by atoms with Crippen LogP contribution in [0.2, 0.25) is 5.02 Å². The average molecular weight is 408 g/mol. The van der Waals surface area contributed by atoms with Crippen LogP contribution in [0.15, 0.2) is 54.6 Å². The van der Waals surface area contributed by atoms with E-state index in [9.17, 15) is 4.79 Å². The van der Waals surface area contributed by atoms with E-state index in [0.717, 1.165) is 35.7 Å². The lowest BCUT2D eigenvalue weighted by Gasteiger charge is -2.15. The molecule has 3 aromatic rings. The molecule has 0 aliphatic carbocycles. The second-order valence-corrected chi connectivity index (χ2v) is 7.50. The molecule has 1 aromatic heterocycles. The van der Waals surface area contributed by atoms with Gasteiger partial charge < -0.3 is 15.5 Å². The molecular formula is C22H22ClN5O. The Morgan fingerprint density at radius 3 is 2.28 bits per heavy atom. The minimum Gasteiger partial charge on any atom is -0.355 e. The van der Waals surface area contributed by atoms with Gasteiger partial charge in [0.2, 0.25) is 0 Å². The summed E-state index contributed by atoms with van der Waals surface area (Å²) in [5.74, 6) is 0.928. The van der Waals surface area contributed by atoms with Crippen LogP contribution in [0.4, 0.5) is 22.0 Å². The fourth-order valence-electron chi connectivity index (χ4n) is 3.28. The quantitative estimate of drug-likeness (QED) is 0.611. The van der Waals surface area contributed by atoms with E-state index in [1.807, 2.05) is 55.5 Å². The fourth-order valence-corrected chi connectivity index (χ4v) is 3.46. The predicted octanol–water partition coefficient (Wildman–Crippen LogP) is 5.35. The molecule has 6 nitrogen and oxygen atoms in total. The summed E-state index contributed by atoms with van der Waals surface area (Å²) in [4.78, 5) is 14.5. The summed E-state index contributed by atoms with van der Waals surface area (Å²) >= 11 is 6.09. The van der Waals surface area contributed by atoms with Gasteiger partial charge >= 0.3 is 6.03 Å². The number of rotatable bonds is 4. The first-order chi connectivity index (χ1) is 14.1. The number of nitrogens with zero attached hydrogens (tertiary/aromatic N) is 3. The van der Waals surface area contributed by atoms with Crippen LogP contribution in [0.3, 0.4) is 0 Å². The third kappa shape index (κ3) is 4.66. The Bertz CT molecular complexity index is 999. The topological polar surface area (TPSA) is 70.2 Å². The molecule has 1 saturated heterocycles. The number of nitrogens with one attached hydrogen (secondary N) is 2. The van der Waals surface area contributed by atoms with Gasteiger partial charge in [-0.2, -0.15) is 0 Å². The summed E-state index contributed by atoms with van der Waals surface area (Å²) in [6, 6.07) is 16.6. The molecule has 4 rings (SSSR count). The normalized spacial score (nSPS) is 13.4. The molecule has 0 bridgehead atoms. The molecular weight excluding hydrogens is 386 g/mol. The number of carbonyl (C=O) groups is 1. The Balaban J connectivity index is 1.38. The van der Waals surface area contributed by atoms with Gasteiger partial charge in [0.1, 0.15) is 0 Å². The van der Waals surface area contributed by atoms with Crippen molar-refractivity contribution in [1.82, 2.24) is 10.2 Å². The molecule has 0 spiro atoms. The van der Waals surface area contributed by atoms with Gasteiger partial charge in [0, 0.05) is 35.1 Å². The largest absolute Gasteiger partial charge is 0.355 e. The van der Waals surface area contributed by atoms with E-state index in [1.165, 1.54) is 12.8 Å². The maximum Gasteiger partial charge on any atom is 0.323 e. The molecule has 0 unspecified atom stereocenters. The molecule has 0 radical (unpaired) electrons. The first-order valence-electron chi connectivity index (χ1n) is 9.62. The molecule has 2 aromatic carbocycles. The zero-order chi connectivity index (χ0) is 20.2. The van der Waals surface area contributed by atoms with Crippen LogP contribution in [-0.2, 0) is 0 Å². The third-order valence-electron chi connectivity index (χ3n) is 4.95. The van der Waals surface area contributed by atoms with Gasteiger partial charge in [-0.05, 0) is 61.7 Å². The summed E-state index contributed by atoms with van der Waals surface area (Å²) in [5.41, 5.74) is 4.04. The van der Waals surface area contributed by atoms with Crippen molar-refractivity contribution in [3.63, 3.8) is 0 Å². The summed E-state index contributed by atoms with van der Waals surface area (Å²) in [6.45, 7) is 4.01. The summed E-state index contributed by atoms with van der Waals surface area (Å²) in [5, 5.41) is 14.9. The number of aryl methyl sites for hydroxylation is 1. The number of amides is 2. The minimum atomic E-state index is -0.326. The minimum absolute atomic E-state index is 0.326. The molecule has 2 N–H and O–H groups in total. The average Bonchev–Trinajstić information content (AvgIpc) is 3.26. The molecule has 0 atom stereocenters. The number of aromatic nitrogens is 2. The zero-order valence-electron chi connectivity index (χ0n) is 16.2. The van der Waals surface area contributed by atoms with Crippen molar-refractivity contribution in [1.29, 1.82) is 0 Å². The van der Waals surface area contributed by atoms with E-state index in [4.69, 9.17) is 11.6 Å². The molecule has 0 saturated carbocycles. The summed E-state index contributed by atoms with van der Waals surface area (Å²) < 4.78 is 0. The monoisotopic (exact) mass is 407 g/mol. The van der Waals surface area contributed by atoms with Crippen molar-refractivity contribution in [2.75, 3.05) is 28.6 Å². The molecule has 1 aliphatic heterocycles. The van der Waals surface area contributed by atoms with E-state index >= 15 is 0 Å². The van der Waals surface area contributed by atoms with Crippen molar-refractivity contribution in [3.05, 3.63) is 65.2 Å². The van der Waals surface area contributed by atoms with Crippen molar-refractivity contribution < 1.29 is 4.79 Å². The van der Waals surface area contributed by atoms with Crippen LogP contribution >= 0.6 is 11.6 Å². The predicted molar refractivity (Wildman–Crippen MR) is 118 cm³/mol. The third-order valence-corrected chi connectivity index (χ3v) is 5.36. The van der Waals surface area contributed by atoms with Gasteiger partial charge in [-0.1, -0.05) is 29.8 Å². The smallest absolute Gasteiger partial charge is 0.323 e. The second kappa shape index (κ2) is 8.49. The summed E-state index contributed by atoms with van der Waals surface area (Å²) in [6.07, 6.45) is 2.42. The van der Waals surface area contributed by atoms with Gasteiger partial charge in [-0.3, -0.25) is 0 Å². The van der Waals surface area contributed by atoms with Crippen LogP contribution in [0, 0.1) is 6.92 Å². The summed E-state index contributed by atoms with van der Waals surface area (Å²) in [7, 11) is 0. The lowest BCUT2D eigenvalue weighted by atomic mass is 10.1. The van der Waals surface area contributed by atoms with Crippen LogP contribution in [0.5, 0.6) is 0 Å². The maximum absolute atomic E-state index is 12.2. The highest BCUT2D eigenvalue weighted by Gasteiger charge is 2.14. The van der Waals surface area contributed by atoms with E-state index in [2.05, 4.69) is 25.7 Å². The molecule has 2 amide bonds. The van der Waals surface area contributed by atoms with Gasteiger partial charge in [0.15, 0.2) is 5.82 Å². The highest BCUT2D eigenvalue weighted by atomic mass is 35.5. The lowest BCUT2D eigenvalue weighted by molar-refractivity contribution is 0.262. The van der Waals surface area contributed by atoms with E-state index in [0.29, 0.717) is 16.4 Å². The SMILES string of the molecule is Cc1ccc(NC(=O)Nc2ccc(-c3ccc(N4CCCC4)nn3)cc2)cc1Cl.